The van der Waals surface area contributed by atoms with E-state index in [0.717, 1.165) is 5.70 Å². The Bertz CT molecular complexity index is 829. The van der Waals surface area contributed by atoms with Crippen LogP contribution >= 0.6 is 12.4 Å². The molecule has 34 heavy (non-hydrogen) atoms. The maximum atomic E-state index is 12.5. The number of aliphatic hydroxyl groups excluding tert-OH is 1. The molecule has 1 amide bonds. The summed E-state index contributed by atoms with van der Waals surface area (Å²) in [7, 11) is 3.11. The standard InChI is InChI=1S/C22H32N4O7.ClH/c1-4-25(18(11-15-32-3)6-5-14-31-2)13-12-24-21(27)16-20(33-22(23)28)17-7-9-19(10-8-17)26(29)30;/h5-11,14-15,20,22,28H,4,12-13,16,23H2,1-3H3,(H,24,27);1H/b14-5+,15-11+,18-6+;. The van der Waals surface area contributed by atoms with Crippen LogP contribution in [0.4, 0.5) is 5.69 Å². The van der Waals surface area contributed by atoms with Crippen LogP contribution in [-0.4, -0.2) is 61.1 Å². The molecular weight excluding hydrogens is 468 g/mol. The summed E-state index contributed by atoms with van der Waals surface area (Å²) < 4.78 is 15.1. The van der Waals surface area contributed by atoms with Crippen LogP contribution in [-0.2, 0) is 19.0 Å². The lowest BCUT2D eigenvalue weighted by Crippen LogP contribution is -2.35. The number of nitro benzene ring substituents is 1. The fourth-order valence-corrected chi connectivity index (χ4v) is 2.88. The van der Waals surface area contributed by atoms with Gasteiger partial charge in [-0.05, 0) is 42.8 Å². The third-order valence-corrected chi connectivity index (χ3v) is 4.46. The molecule has 1 rings (SSSR count). The Balaban J connectivity index is 0.0000109. The summed E-state index contributed by atoms with van der Waals surface area (Å²) in [5, 5.41) is 23.1. The lowest BCUT2D eigenvalue weighted by atomic mass is 10.1. The van der Waals surface area contributed by atoms with Gasteiger partial charge in [-0.25, -0.2) is 0 Å². The maximum absolute atomic E-state index is 12.5. The molecule has 2 atom stereocenters. The topological polar surface area (TPSA) is 149 Å². The summed E-state index contributed by atoms with van der Waals surface area (Å²) in [6.45, 7) is 3.53. The molecule has 0 fully saturated rings. The lowest BCUT2D eigenvalue weighted by molar-refractivity contribution is -0.384. The van der Waals surface area contributed by atoms with E-state index >= 15 is 0 Å². The Morgan fingerprint density at radius 2 is 1.91 bits per heavy atom. The zero-order chi connectivity index (χ0) is 24.6. The molecule has 0 aliphatic heterocycles. The number of hydrogen-bond donors (Lipinski definition) is 3. The van der Waals surface area contributed by atoms with E-state index in [4.69, 9.17) is 19.9 Å². The summed E-state index contributed by atoms with van der Waals surface area (Å²) >= 11 is 0. The van der Waals surface area contributed by atoms with Gasteiger partial charge in [-0.2, -0.15) is 0 Å². The third kappa shape index (κ3) is 11.7. The number of nitro groups is 1. The first-order valence-corrected chi connectivity index (χ1v) is 10.3. The molecule has 0 bridgehead atoms. The number of rotatable bonds is 15. The number of non-ortho nitro benzene ring substituents is 1. The van der Waals surface area contributed by atoms with E-state index in [0.29, 0.717) is 25.2 Å². The van der Waals surface area contributed by atoms with Crippen LogP contribution in [0.15, 0.2) is 60.7 Å². The van der Waals surface area contributed by atoms with E-state index in [1.165, 1.54) is 24.3 Å². The van der Waals surface area contributed by atoms with Crippen LogP contribution in [0.25, 0.3) is 0 Å². The zero-order valence-electron chi connectivity index (χ0n) is 19.5. The Morgan fingerprint density at radius 1 is 1.26 bits per heavy atom. The maximum Gasteiger partial charge on any atom is 0.269 e. The van der Waals surface area contributed by atoms with Crippen molar-refractivity contribution in [2.45, 2.75) is 25.9 Å². The molecule has 0 saturated heterocycles. The number of benzene rings is 1. The minimum Gasteiger partial charge on any atom is -0.504 e. The predicted octanol–water partition coefficient (Wildman–Crippen LogP) is 2.34. The third-order valence-electron chi connectivity index (χ3n) is 4.46. The van der Waals surface area contributed by atoms with E-state index in [-0.39, 0.29) is 30.4 Å². The Labute approximate surface area is 205 Å². The first kappa shape index (κ1) is 30.9. The molecule has 0 heterocycles. The number of methoxy groups -OCH3 is 2. The van der Waals surface area contributed by atoms with Crippen molar-refractivity contribution in [3.8, 4) is 0 Å². The van der Waals surface area contributed by atoms with Crippen LogP contribution in [0, 0.1) is 10.1 Å². The van der Waals surface area contributed by atoms with Crippen molar-refractivity contribution in [1.29, 1.82) is 0 Å². The summed E-state index contributed by atoms with van der Waals surface area (Å²) in [5.41, 5.74) is 6.56. The van der Waals surface area contributed by atoms with Gasteiger partial charge in [0.2, 0.25) is 12.3 Å². The molecule has 190 valence electrons. The number of likely N-dealkylation sites (N-methyl/N-ethyl adjacent to an activating group) is 1. The molecule has 0 aliphatic rings. The molecular formula is C22H33ClN4O7. The second-order valence-corrected chi connectivity index (χ2v) is 6.69. The zero-order valence-corrected chi connectivity index (χ0v) is 20.3. The predicted molar refractivity (Wildman–Crippen MR) is 130 cm³/mol. The first-order chi connectivity index (χ1) is 15.8. The fourth-order valence-electron chi connectivity index (χ4n) is 2.88. The fraction of sp³-hybridized carbons (Fsp3) is 0.409. The molecule has 0 spiro atoms. The van der Waals surface area contributed by atoms with Gasteiger partial charge in [0.1, 0.15) is 0 Å². The number of hydrogen-bond acceptors (Lipinski definition) is 9. The van der Waals surface area contributed by atoms with Crippen molar-refractivity contribution in [3.05, 3.63) is 76.4 Å². The Kier molecular flexibility index (Phi) is 15.8. The summed E-state index contributed by atoms with van der Waals surface area (Å²) in [6, 6.07) is 5.52. The van der Waals surface area contributed by atoms with Gasteiger partial charge < -0.3 is 29.5 Å². The highest BCUT2D eigenvalue weighted by molar-refractivity contribution is 5.85. The molecule has 11 nitrogen and oxygen atoms in total. The quantitative estimate of drug-likeness (QED) is 0.108. The Morgan fingerprint density at radius 3 is 2.44 bits per heavy atom. The molecule has 0 radical (unpaired) electrons. The van der Waals surface area contributed by atoms with Gasteiger partial charge in [0.05, 0.1) is 44.2 Å². The second kappa shape index (κ2) is 17.4. The largest absolute Gasteiger partial charge is 0.504 e. The number of carbonyl (C=O) groups excluding carboxylic acids is 1. The second-order valence-electron chi connectivity index (χ2n) is 6.69. The normalized spacial score (nSPS) is 13.3. The minimum atomic E-state index is -1.60. The van der Waals surface area contributed by atoms with Gasteiger partial charge in [0, 0.05) is 37.5 Å². The summed E-state index contributed by atoms with van der Waals surface area (Å²) in [6.07, 6.45) is 5.90. The van der Waals surface area contributed by atoms with Crippen molar-refractivity contribution in [2.75, 3.05) is 33.9 Å². The monoisotopic (exact) mass is 500 g/mol. The molecule has 4 N–H and O–H groups in total. The van der Waals surface area contributed by atoms with Crippen LogP contribution in [0.2, 0.25) is 0 Å². The molecule has 1 aromatic carbocycles. The summed E-state index contributed by atoms with van der Waals surface area (Å²) in [5.74, 6) is -0.327. The number of nitrogens with one attached hydrogen (secondary N) is 1. The van der Waals surface area contributed by atoms with Crippen molar-refractivity contribution in [2.24, 2.45) is 5.73 Å². The highest BCUT2D eigenvalue weighted by atomic mass is 35.5. The van der Waals surface area contributed by atoms with Crippen LogP contribution in [0.3, 0.4) is 0 Å². The van der Waals surface area contributed by atoms with E-state index in [1.54, 1.807) is 38.9 Å². The molecule has 12 heteroatoms. The van der Waals surface area contributed by atoms with Crippen molar-refractivity contribution in [3.63, 3.8) is 0 Å². The molecule has 2 unspecified atom stereocenters. The van der Waals surface area contributed by atoms with E-state index in [2.05, 4.69) is 5.32 Å². The van der Waals surface area contributed by atoms with Crippen LogP contribution in [0.1, 0.15) is 25.0 Å². The van der Waals surface area contributed by atoms with E-state index < -0.39 is 17.4 Å². The highest BCUT2D eigenvalue weighted by Gasteiger charge is 2.20. The van der Waals surface area contributed by atoms with Gasteiger partial charge >= 0.3 is 0 Å². The van der Waals surface area contributed by atoms with Gasteiger partial charge in [-0.1, -0.05) is 0 Å². The first-order valence-electron chi connectivity index (χ1n) is 10.3. The van der Waals surface area contributed by atoms with E-state index in [9.17, 15) is 20.0 Å². The number of aliphatic hydroxyl groups is 1. The van der Waals surface area contributed by atoms with Gasteiger partial charge in [0.25, 0.3) is 5.69 Å². The number of amides is 1. The highest BCUT2D eigenvalue weighted by Crippen LogP contribution is 2.24. The lowest BCUT2D eigenvalue weighted by Gasteiger charge is -2.24. The van der Waals surface area contributed by atoms with Gasteiger partial charge in [0.15, 0.2) is 0 Å². The minimum absolute atomic E-state index is 0. The molecule has 0 aliphatic carbocycles. The average Bonchev–Trinajstić information content (AvgIpc) is 2.78. The van der Waals surface area contributed by atoms with Gasteiger partial charge in [-0.3, -0.25) is 20.6 Å². The molecule has 0 aromatic heterocycles. The number of nitrogens with two attached hydrogens (primary N) is 1. The van der Waals surface area contributed by atoms with Crippen LogP contribution in [0.5, 0.6) is 0 Å². The smallest absolute Gasteiger partial charge is 0.269 e. The molecule has 0 saturated carbocycles. The van der Waals surface area contributed by atoms with Gasteiger partial charge in [-0.15, -0.1) is 12.4 Å². The number of carbonyl (C=O) groups is 1. The van der Waals surface area contributed by atoms with Crippen molar-refractivity contribution < 1.29 is 29.0 Å². The van der Waals surface area contributed by atoms with Crippen molar-refractivity contribution >= 4 is 24.0 Å². The Hall–Kier alpha value is -3.12. The SMILES string of the molecule is CCN(CCNC(=O)CC(OC(N)O)c1ccc([N+](=O)[O-])cc1)C(/C=C/OC)=C/C=C/OC.Cl. The number of ether oxygens (including phenoxy) is 3. The number of halogens is 1. The number of allylic oxidation sites excluding steroid dienone is 3. The van der Waals surface area contributed by atoms with E-state index in [1.807, 2.05) is 17.9 Å². The molecule has 1 aromatic rings. The van der Waals surface area contributed by atoms with Crippen molar-refractivity contribution in [1.82, 2.24) is 10.2 Å². The van der Waals surface area contributed by atoms with Crippen LogP contribution < -0.4 is 11.1 Å². The number of nitrogens with zero attached hydrogens (tertiary/aromatic N) is 2. The average molecular weight is 501 g/mol. The summed E-state index contributed by atoms with van der Waals surface area (Å²) in [4.78, 5) is 24.8.